The number of ketones is 1. The first-order valence-electron chi connectivity index (χ1n) is 13.1. The third-order valence-electron chi connectivity index (χ3n) is 6.52. The molecule has 1 aliphatic heterocycles. The first-order chi connectivity index (χ1) is 19.1. The van der Waals surface area contributed by atoms with Crippen LogP contribution in [-0.4, -0.2) is 49.4 Å². The molecule has 10 heteroatoms. The molecule has 0 bridgehead atoms. The van der Waals surface area contributed by atoms with Crippen molar-refractivity contribution in [2.45, 2.75) is 40.2 Å². The van der Waals surface area contributed by atoms with Crippen LogP contribution in [0.4, 0.5) is 26.9 Å². The number of hydrogen-bond acceptors (Lipinski definition) is 7. The predicted molar refractivity (Wildman–Crippen MR) is 157 cm³/mol. The molecule has 3 amide bonds. The van der Waals surface area contributed by atoms with Crippen molar-refractivity contribution >= 4 is 57.1 Å². The second-order valence-corrected chi connectivity index (χ2v) is 11.4. The zero-order valence-corrected chi connectivity index (χ0v) is 23.9. The van der Waals surface area contributed by atoms with Crippen molar-refractivity contribution in [1.82, 2.24) is 5.32 Å². The van der Waals surface area contributed by atoms with Gasteiger partial charge in [-0.25, -0.2) is 4.79 Å². The van der Waals surface area contributed by atoms with E-state index < -0.39 is 29.4 Å². The van der Waals surface area contributed by atoms with Crippen molar-refractivity contribution in [3.05, 3.63) is 71.6 Å². The van der Waals surface area contributed by atoms with Crippen LogP contribution >= 0.6 is 11.3 Å². The number of rotatable bonds is 8. The van der Waals surface area contributed by atoms with Gasteiger partial charge >= 0.3 is 12.0 Å². The number of esters is 1. The maximum atomic E-state index is 14.0. The molecule has 210 valence electrons. The predicted octanol–water partition coefficient (Wildman–Crippen LogP) is 5.14. The van der Waals surface area contributed by atoms with Gasteiger partial charge in [0.2, 0.25) is 0 Å². The van der Waals surface area contributed by atoms with Crippen molar-refractivity contribution in [2.24, 2.45) is 5.41 Å². The van der Waals surface area contributed by atoms with E-state index in [1.54, 1.807) is 18.4 Å². The number of amides is 3. The lowest BCUT2D eigenvalue weighted by Crippen LogP contribution is -2.54. The summed E-state index contributed by atoms with van der Waals surface area (Å²) in [6.07, 6.45) is 0.0229. The summed E-state index contributed by atoms with van der Waals surface area (Å²) in [6.45, 7) is 7.47. The van der Waals surface area contributed by atoms with Crippen molar-refractivity contribution in [3.63, 3.8) is 0 Å². The second-order valence-electron chi connectivity index (χ2n) is 10.4. The summed E-state index contributed by atoms with van der Waals surface area (Å²) in [5, 5.41) is 7.88. The number of Topliss-reactive ketones (excluding diaryl/α,β-unsaturated/α-hetero) is 1. The molecule has 4 rings (SSSR count). The Morgan fingerprint density at radius 3 is 2.35 bits per heavy atom. The Kier molecular flexibility index (Phi) is 8.89. The molecule has 1 unspecified atom stereocenters. The van der Waals surface area contributed by atoms with E-state index in [9.17, 15) is 19.2 Å². The average Bonchev–Trinajstić information content (AvgIpc) is 3.30. The fraction of sp³-hybridized carbons (Fsp3) is 0.333. The minimum Gasteiger partial charge on any atom is -0.466 e. The number of carbonyl (C=O) groups is 4. The molecular formula is C30H34N4O5S. The molecule has 2 heterocycles. The Bertz CT molecular complexity index is 1380. The van der Waals surface area contributed by atoms with Gasteiger partial charge in [-0.05, 0) is 48.2 Å². The lowest BCUT2D eigenvalue weighted by Gasteiger charge is -2.28. The lowest BCUT2D eigenvalue weighted by molar-refractivity contribution is -0.142. The van der Waals surface area contributed by atoms with Crippen LogP contribution in [0.2, 0.25) is 0 Å². The van der Waals surface area contributed by atoms with Gasteiger partial charge in [0.25, 0.3) is 5.91 Å². The van der Waals surface area contributed by atoms with Crippen LogP contribution in [0.15, 0.2) is 66.0 Å². The molecule has 1 aromatic heterocycles. The van der Waals surface area contributed by atoms with Gasteiger partial charge in [0.1, 0.15) is 11.0 Å². The smallest absolute Gasteiger partial charge is 0.320 e. The van der Waals surface area contributed by atoms with Gasteiger partial charge in [-0.2, -0.15) is 0 Å². The van der Waals surface area contributed by atoms with Crippen molar-refractivity contribution in [1.29, 1.82) is 0 Å². The van der Waals surface area contributed by atoms with Gasteiger partial charge in [-0.15, -0.1) is 11.3 Å². The summed E-state index contributed by atoms with van der Waals surface area (Å²) in [7, 11) is 0. The van der Waals surface area contributed by atoms with Crippen LogP contribution < -0.4 is 20.4 Å². The van der Waals surface area contributed by atoms with Crippen molar-refractivity contribution < 1.29 is 23.9 Å². The van der Waals surface area contributed by atoms with Crippen LogP contribution in [-0.2, 0) is 25.5 Å². The van der Waals surface area contributed by atoms with E-state index in [0.717, 1.165) is 11.4 Å². The van der Waals surface area contributed by atoms with Gasteiger partial charge < -0.3 is 19.9 Å². The van der Waals surface area contributed by atoms with Crippen LogP contribution in [0.1, 0.15) is 33.3 Å². The van der Waals surface area contributed by atoms with Crippen molar-refractivity contribution in [2.75, 3.05) is 34.8 Å². The van der Waals surface area contributed by atoms with Crippen LogP contribution in [0.3, 0.4) is 0 Å². The maximum absolute atomic E-state index is 14.0. The van der Waals surface area contributed by atoms with E-state index >= 15 is 0 Å². The van der Waals surface area contributed by atoms with E-state index in [1.165, 1.54) is 16.2 Å². The number of benzene rings is 2. The molecule has 2 aromatic carbocycles. The largest absolute Gasteiger partial charge is 0.466 e. The number of thiophene rings is 1. The summed E-state index contributed by atoms with van der Waals surface area (Å²) in [4.78, 5) is 55.8. The molecule has 0 radical (unpaired) electrons. The molecule has 0 aliphatic carbocycles. The Morgan fingerprint density at radius 2 is 1.68 bits per heavy atom. The monoisotopic (exact) mass is 562 g/mol. The van der Waals surface area contributed by atoms with E-state index in [1.807, 2.05) is 80.3 Å². The molecule has 0 saturated carbocycles. The number of para-hydroxylation sites is 3. The lowest BCUT2D eigenvalue weighted by atomic mass is 9.90. The van der Waals surface area contributed by atoms with E-state index in [-0.39, 0.29) is 31.9 Å². The number of fused-ring (bicyclic) bond motifs is 1. The van der Waals surface area contributed by atoms with Crippen molar-refractivity contribution in [3.8, 4) is 0 Å². The fourth-order valence-corrected chi connectivity index (χ4v) is 5.15. The van der Waals surface area contributed by atoms with E-state index in [4.69, 9.17) is 4.74 Å². The Hall–Kier alpha value is -4.18. The quantitative estimate of drug-likeness (QED) is 0.368. The molecule has 1 aliphatic rings. The Balaban J connectivity index is 1.65. The van der Waals surface area contributed by atoms with E-state index in [2.05, 4.69) is 10.6 Å². The summed E-state index contributed by atoms with van der Waals surface area (Å²) >= 11 is 1.27. The number of urea groups is 1. The molecule has 0 saturated heterocycles. The third-order valence-corrected chi connectivity index (χ3v) is 7.39. The topological polar surface area (TPSA) is 108 Å². The Morgan fingerprint density at radius 1 is 1.00 bits per heavy atom. The first kappa shape index (κ1) is 28.8. The summed E-state index contributed by atoms with van der Waals surface area (Å²) in [6, 6.07) is 17.2. The average molecular weight is 563 g/mol. The number of nitrogens with one attached hydrogen (secondary N) is 2. The highest BCUT2D eigenvalue weighted by Gasteiger charge is 2.37. The Labute approximate surface area is 238 Å². The van der Waals surface area contributed by atoms with Crippen LogP contribution in [0.5, 0.6) is 0 Å². The van der Waals surface area contributed by atoms with Crippen LogP contribution in [0.25, 0.3) is 0 Å². The number of carbonyl (C=O) groups excluding carboxylic acids is 4. The minimum absolute atomic E-state index is 0.0229. The SMILES string of the molecule is CCOC(=O)Cc1ccsc1NC(=O)NC1CN(c2ccccc2)c2ccccc2N(CC(=O)C(C)(C)C)C1=O. The highest BCUT2D eigenvalue weighted by atomic mass is 32.1. The standard InChI is InChI=1S/C30H34N4O5S/c1-5-39-26(36)17-20-15-16-40-27(20)32-29(38)31-22-18-33(21-11-7-6-8-12-21)23-13-9-10-14-24(23)34(28(22)37)19-25(35)30(2,3)4/h6-16,22H,5,17-19H2,1-4H3,(H2,31,32,38). The molecule has 0 fully saturated rings. The zero-order chi connectivity index (χ0) is 28.9. The number of hydrogen-bond donors (Lipinski definition) is 2. The molecule has 2 N–H and O–H groups in total. The molecule has 1 atom stereocenters. The molecule has 3 aromatic rings. The summed E-state index contributed by atoms with van der Waals surface area (Å²) in [5.41, 5.74) is 2.16. The van der Waals surface area contributed by atoms with Gasteiger partial charge in [0.15, 0.2) is 5.78 Å². The normalized spacial score (nSPS) is 15.2. The third kappa shape index (κ3) is 6.69. The molecular weight excluding hydrogens is 528 g/mol. The number of nitrogens with zero attached hydrogens (tertiary/aromatic N) is 2. The van der Waals surface area contributed by atoms with Crippen LogP contribution in [0, 0.1) is 5.41 Å². The van der Waals surface area contributed by atoms with Gasteiger partial charge in [0, 0.05) is 11.1 Å². The second kappa shape index (κ2) is 12.3. The molecule has 40 heavy (non-hydrogen) atoms. The molecule has 9 nitrogen and oxygen atoms in total. The fourth-order valence-electron chi connectivity index (χ4n) is 4.34. The summed E-state index contributed by atoms with van der Waals surface area (Å²) < 4.78 is 5.03. The van der Waals surface area contributed by atoms with Gasteiger partial charge in [-0.1, -0.05) is 51.1 Å². The van der Waals surface area contributed by atoms with Gasteiger partial charge in [-0.3, -0.25) is 19.7 Å². The number of anilines is 4. The highest BCUT2D eigenvalue weighted by Crippen LogP contribution is 2.37. The maximum Gasteiger partial charge on any atom is 0.320 e. The summed E-state index contributed by atoms with van der Waals surface area (Å²) in [5.74, 6) is -0.885. The molecule has 0 spiro atoms. The zero-order valence-electron chi connectivity index (χ0n) is 23.1. The minimum atomic E-state index is -0.978. The highest BCUT2D eigenvalue weighted by molar-refractivity contribution is 7.14. The van der Waals surface area contributed by atoms with E-state index in [0.29, 0.717) is 16.3 Å². The number of ether oxygens (including phenoxy) is 1. The van der Waals surface area contributed by atoms with Gasteiger partial charge in [0.05, 0.1) is 37.5 Å². The first-order valence-corrected chi connectivity index (χ1v) is 14.0.